The lowest BCUT2D eigenvalue weighted by Gasteiger charge is -2.18. The van der Waals surface area contributed by atoms with Crippen LogP contribution in [0.2, 0.25) is 0 Å². The molecule has 0 radical (unpaired) electrons. The zero-order valence-corrected chi connectivity index (χ0v) is 18.1. The lowest BCUT2D eigenvalue weighted by Crippen LogP contribution is -2.33. The van der Waals surface area contributed by atoms with Crippen molar-refractivity contribution in [2.75, 3.05) is 36.5 Å². The van der Waals surface area contributed by atoms with E-state index in [1.165, 1.54) is 5.56 Å². The van der Waals surface area contributed by atoms with Crippen LogP contribution in [0.25, 0.3) is 0 Å². The molecule has 4 rings (SSSR count). The van der Waals surface area contributed by atoms with E-state index in [-0.39, 0.29) is 18.4 Å². The summed E-state index contributed by atoms with van der Waals surface area (Å²) in [7, 11) is 0. The minimum absolute atomic E-state index is 0.0312. The highest BCUT2D eigenvalue weighted by Gasteiger charge is 2.25. The second-order valence-electron chi connectivity index (χ2n) is 7.78. The van der Waals surface area contributed by atoms with Gasteiger partial charge < -0.3 is 20.3 Å². The predicted octanol–water partition coefficient (Wildman–Crippen LogP) is 3.81. The summed E-state index contributed by atoms with van der Waals surface area (Å²) in [6.07, 6.45) is 0.869. The zero-order valence-electron chi connectivity index (χ0n) is 18.1. The van der Waals surface area contributed by atoms with Crippen LogP contribution in [0.5, 0.6) is 5.75 Å². The molecule has 1 aliphatic heterocycles. The first-order valence-electron chi connectivity index (χ1n) is 10.8. The zero-order chi connectivity index (χ0) is 22.3. The Morgan fingerprint density at radius 2 is 1.84 bits per heavy atom. The van der Waals surface area contributed by atoms with Gasteiger partial charge in [0, 0.05) is 23.5 Å². The summed E-state index contributed by atoms with van der Waals surface area (Å²) in [6, 6.07) is 23.1. The first-order chi connectivity index (χ1) is 15.6. The third kappa shape index (κ3) is 5.27. The Morgan fingerprint density at radius 1 is 1.00 bits per heavy atom. The molecule has 0 spiro atoms. The van der Waals surface area contributed by atoms with Gasteiger partial charge in [-0.15, -0.1) is 0 Å². The van der Waals surface area contributed by atoms with Crippen molar-refractivity contribution in [1.29, 1.82) is 0 Å². The van der Waals surface area contributed by atoms with Gasteiger partial charge >= 0.3 is 0 Å². The molecule has 0 atom stereocenters. The van der Waals surface area contributed by atoms with E-state index in [4.69, 9.17) is 4.74 Å². The number of carbonyl (C=O) groups excluding carboxylic acids is 2. The van der Waals surface area contributed by atoms with Crippen LogP contribution in [0.15, 0.2) is 72.8 Å². The Kier molecular flexibility index (Phi) is 6.70. The molecular formula is C26H27N3O3. The van der Waals surface area contributed by atoms with Gasteiger partial charge in [-0.05, 0) is 60.9 Å². The standard InChI is InChI=1S/C26H27N3O3/c1-19-6-4-10-23(16-19)32-15-13-27-25(30)18-28-22-9-5-8-21(17-22)26(31)29-14-12-20-7-2-3-11-24(20)29/h2-11,16-17,28H,12-15,18H2,1H3,(H,27,30). The van der Waals surface area contributed by atoms with Crippen molar-refractivity contribution in [2.24, 2.45) is 0 Å². The molecule has 1 aliphatic rings. The normalized spacial score (nSPS) is 12.2. The van der Waals surface area contributed by atoms with Crippen molar-refractivity contribution >= 4 is 23.2 Å². The quantitative estimate of drug-likeness (QED) is 0.535. The highest BCUT2D eigenvalue weighted by Crippen LogP contribution is 2.29. The average molecular weight is 430 g/mol. The van der Waals surface area contributed by atoms with Gasteiger partial charge in [0.15, 0.2) is 0 Å². The number of benzene rings is 3. The number of carbonyl (C=O) groups is 2. The van der Waals surface area contributed by atoms with Crippen molar-refractivity contribution in [3.8, 4) is 5.75 Å². The number of para-hydroxylation sites is 1. The summed E-state index contributed by atoms with van der Waals surface area (Å²) >= 11 is 0. The Bertz CT molecular complexity index is 1110. The van der Waals surface area contributed by atoms with Gasteiger partial charge in [0.25, 0.3) is 5.91 Å². The summed E-state index contributed by atoms with van der Waals surface area (Å²) in [5.41, 5.74) is 4.62. The fourth-order valence-corrected chi connectivity index (χ4v) is 3.78. The van der Waals surface area contributed by atoms with Crippen molar-refractivity contribution in [2.45, 2.75) is 13.3 Å². The summed E-state index contributed by atoms with van der Waals surface area (Å²) in [5, 5.41) is 5.92. The van der Waals surface area contributed by atoms with E-state index in [1.54, 1.807) is 12.1 Å². The van der Waals surface area contributed by atoms with Crippen LogP contribution >= 0.6 is 0 Å². The Morgan fingerprint density at radius 3 is 2.72 bits per heavy atom. The number of amides is 2. The fraction of sp³-hybridized carbons (Fsp3) is 0.231. The van der Waals surface area contributed by atoms with Crippen molar-refractivity contribution in [3.63, 3.8) is 0 Å². The maximum Gasteiger partial charge on any atom is 0.258 e. The number of hydrogen-bond donors (Lipinski definition) is 2. The molecule has 32 heavy (non-hydrogen) atoms. The molecule has 2 amide bonds. The van der Waals surface area contributed by atoms with Crippen molar-refractivity contribution in [1.82, 2.24) is 5.32 Å². The highest BCUT2D eigenvalue weighted by atomic mass is 16.5. The smallest absolute Gasteiger partial charge is 0.258 e. The molecule has 0 saturated heterocycles. The molecule has 0 aliphatic carbocycles. The Hall–Kier alpha value is -3.80. The van der Waals surface area contributed by atoms with Crippen LogP contribution in [0, 0.1) is 6.92 Å². The van der Waals surface area contributed by atoms with Gasteiger partial charge in [0.2, 0.25) is 5.91 Å². The lowest BCUT2D eigenvalue weighted by molar-refractivity contribution is -0.119. The molecule has 0 bridgehead atoms. The van der Waals surface area contributed by atoms with E-state index >= 15 is 0 Å². The molecule has 6 nitrogen and oxygen atoms in total. The first-order valence-corrected chi connectivity index (χ1v) is 10.8. The van der Waals surface area contributed by atoms with E-state index in [2.05, 4.69) is 16.7 Å². The molecule has 0 aromatic heterocycles. The van der Waals surface area contributed by atoms with E-state index in [0.29, 0.717) is 25.3 Å². The molecule has 2 N–H and O–H groups in total. The largest absolute Gasteiger partial charge is 0.492 e. The number of nitrogens with one attached hydrogen (secondary N) is 2. The molecule has 0 unspecified atom stereocenters. The number of anilines is 2. The minimum atomic E-state index is -0.136. The van der Waals surface area contributed by atoms with Crippen molar-refractivity contribution in [3.05, 3.63) is 89.5 Å². The van der Waals surface area contributed by atoms with Crippen LogP contribution in [-0.2, 0) is 11.2 Å². The second kappa shape index (κ2) is 10.0. The van der Waals surface area contributed by atoms with Crippen LogP contribution in [0.4, 0.5) is 11.4 Å². The Balaban J connectivity index is 1.25. The van der Waals surface area contributed by atoms with Crippen LogP contribution < -0.4 is 20.3 Å². The molecule has 6 heteroatoms. The third-order valence-electron chi connectivity index (χ3n) is 5.38. The number of ether oxygens (including phenoxy) is 1. The predicted molar refractivity (Wildman–Crippen MR) is 126 cm³/mol. The molecule has 0 saturated carbocycles. The van der Waals surface area contributed by atoms with Crippen molar-refractivity contribution < 1.29 is 14.3 Å². The molecule has 3 aromatic rings. The van der Waals surface area contributed by atoms with Crippen LogP contribution in [-0.4, -0.2) is 38.1 Å². The van der Waals surface area contributed by atoms with Gasteiger partial charge in [0.1, 0.15) is 12.4 Å². The van der Waals surface area contributed by atoms with Gasteiger partial charge in [-0.25, -0.2) is 0 Å². The van der Waals surface area contributed by atoms with Gasteiger partial charge in [-0.3, -0.25) is 9.59 Å². The number of aryl methyl sites for hydroxylation is 1. The fourth-order valence-electron chi connectivity index (χ4n) is 3.78. The summed E-state index contributed by atoms with van der Waals surface area (Å²) < 4.78 is 5.64. The van der Waals surface area contributed by atoms with Gasteiger partial charge in [-0.2, -0.15) is 0 Å². The van der Waals surface area contributed by atoms with E-state index in [1.807, 2.05) is 66.4 Å². The van der Waals surface area contributed by atoms with Gasteiger partial charge in [-0.1, -0.05) is 36.4 Å². The maximum absolute atomic E-state index is 13.0. The summed E-state index contributed by atoms with van der Waals surface area (Å²) in [6.45, 7) is 3.63. The minimum Gasteiger partial charge on any atom is -0.492 e. The molecule has 1 heterocycles. The molecule has 0 fully saturated rings. The summed E-state index contributed by atoms with van der Waals surface area (Å²) in [4.78, 5) is 27.0. The number of nitrogens with zero attached hydrogens (tertiary/aromatic N) is 1. The molecule has 164 valence electrons. The summed E-state index contributed by atoms with van der Waals surface area (Å²) in [5.74, 6) is 0.624. The highest BCUT2D eigenvalue weighted by molar-refractivity contribution is 6.07. The van der Waals surface area contributed by atoms with E-state index in [9.17, 15) is 9.59 Å². The topological polar surface area (TPSA) is 70.7 Å². The van der Waals surface area contributed by atoms with Crippen LogP contribution in [0.1, 0.15) is 21.5 Å². The monoisotopic (exact) mass is 429 g/mol. The third-order valence-corrected chi connectivity index (χ3v) is 5.38. The van der Waals surface area contributed by atoms with E-state index in [0.717, 1.165) is 29.1 Å². The number of hydrogen-bond acceptors (Lipinski definition) is 4. The molecular weight excluding hydrogens is 402 g/mol. The number of fused-ring (bicyclic) bond motifs is 1. The number of rotatable bonds is 8. The maximum atomic E-state index is 13.0. The molecule has 3 aromatic carbocycles. The Labute approximate surface area is 188 Å². The van der Waals surface area contributed by atoms with E-state index < -0.39 is 0 Å². The van der Waals surface area contributed by atoms with Gasteiger partial charge in [0.05, 0.1) is 13.1 Å². The SMILES string of the molecule is Cc1cccc(OCCNC(=O)CNc2cccc(C(=O)N3CCc4ccccc43)c2)c1. The second-order valence-corrected chi connectivity index (χ2v) is 7.78. The van der Waals surface area contributed by atoms with Crippen LogP contribution in [0.3, 0.4) is 0 Å². The average Bonchev–Trinajstić information content (AvgIpc) is 3.24. The lowest BCUT2D eigenvalue weighted by atomic mass is 10.1. The first kappa shape index (κ1) is 21.4.